The van der Waals surface area contributed by atoms with Gasteiger partial charge in [0.05, 0.1) is 18.6 Å². The highest BCUT2D eigenvalue weighted by Gasteiger charge is 2.34. The Morgan fingerprint density at radius 2 is 1.81 bits per heavy atom. The van der Waals surface area contributed by atoms with Gasteiger partial charge in [0.25, 0.3) is 0 Å². The number of aromatic nitrogens is 1. The van der Waals surface area contributed by atoms with Gasteiger partial charge in [-0.05, 0) is 41.8 Å². The highest BCUT2D eigenvalue weighted by atomic mass is 35.5. The lowest BCUT2D eigenvalue weighted by Crippen LogP contribution is -2.54. The number of carbonyl (C=O) groups excluding carboxylic acids is 2. The van der Waals surface area contributed by atoms with E-state index in [9.17, 15) is 9.59 Å². The van der Waals surface area contributed by atoms with Gasteiger partial charge in [0.1, 0.15) is 11.8 Å². The van der Waals surface area contributed by atoms with Crippen LogP contribution in [0.2, 0.25) is 5.02 Å². The molecular weight excluding hydrogens is 418 g/mol. The van der Waals surface area contributed by atoms with Gasteiger partial charge >= 0.3 is 0 Å². The molecule has 9 heteroatoms. The van der Waals surface area contributed by atoms with Crippen LogP contribution in [-0.4, -0.2) is 65.9 Å². The maximum Gasteiger partial charge on any atom is 0.241 e. The van der Waals surface area contributed by atoms with E-state index >= 15 is 0 Å². The number of methoxy groups -OCH3 is 1. The first-order valence-corrected chi connectivity index (χ1v) is 10.7. The Morgan fingerprint density at radius 1 is 1.10 bits per heavy atom. The number of benzene rings is 1. The number of hydrazine groups is 1. The molecule has 1 aromatic carbocycles. The summed E-state index contributed by atoms with van der Waals surface area (Å²) in [5, 5.41) is 0.492. The molecule has 2 atom stereocenters. The van der Waals surface area contributed by atoms with E-state index in [1.165, 1.54) is 0 Å². The summed E-state index contributed by atoms with van der Waals surface area (Å²) in [6.45, 7) is 2.13. The first-order valence-electron chi connectivity index (χ1n) is 10.3. The Labute approximate surface area is 186 Å². The van der Waals surface area contributed by atoms with Crippen LogP contribution in [-0.2, 0) is 16.0 Å². The van der Waals surface area contributed by atoms with Crippen molar-refractivity contribution in [1.82, 2.24) is 25.6 Å². The Hall–Kier alpha value is -2.68. The van der Waals surface area contributed by atoms with E-state index in [-0.39, 0.29) is 30.3 Å². The molecular formula is C22H26ClN5O3. The second-order valence-corrected chi connectivity index (χ2v) is 8.17. The second kappa shape index (κ2) is 9.64. The molecule has 1 aromatic heterocycles. The Morgan fingerprint density at radius 3 is 2.48 bits per heavy atom. The van der Waals surface area contributed by atoms with E-state index in [2.05, 4.69) is 15.8 Å². The molecule has 2 amide bonds. The van der Waals surface area contributed by atoms with Gasteiger partial charge < -0.3 is 14.5 Å². The van der Waals surface area contributed by atoms with E-state index in [0.717, 1.165) is 11.1 Å². The topological polar surface area (TPSA) is 86.8 Å². The summed E-state index contributed by atoms with van der Waals surface area (Å²) in [7, 11) is 1.56. The van der Waals surface area contributed by atoms with Gasteiger partial charge in [-0.1, -0.05) is 17.7 Å². The van der Waals surface area contributed by atoms with Gasteiger partial charge in [-0.2, -0.15) is 0 Å². The molecule has 0 spiro atoms. The van der Waals surface area contributed by atoms with Crippen molar-refractivity contribution in [2.45, 2.75) is 24.9 Å². The van der Waals surface area contributed by atoms with Crippen molar-refractivity contribution in [3.8, 4) is 5.75 Å². The number of hydrogen-bond donors (Lipinski definition) is 2. The predicted molar refractivity (Wildman–Crippen MR) is 117 cm³/mol. The van der Waals surface area contributed by atoms with Gasteiger partial charge in [-0.15, -0.1) is 0 Å². The fourth-order valence-corrected chi connectivity index (χ4v) is 4.32. The summed E-state index contributed by atoms with van der Waals surface area (Å²) in [4.78, 5) is 33.3. The fraction of sp³-hybridized carbons (Fsp3) is 0.409. The van der Waals surface area contributed by atoms with Crippen molar-refractivity contribution in [2.24, 2.45) is 0 Å². The molecule has 2 aromatic rings. The number of halogens is 1. The molecule has 3 heterocycles. The normalized spacial score (nSPS) is 21.2. The molecule has 4 rings (SSSR count). The smallest absolute Gasteiger partial charge is 0.241 e. The number of rotatable bonds is 5. The second-order valence-electron chi connectivity index (χ2n) is 7.76. The van der Waals surface area contributed by atoms with E-state index in [0.29, 0.717) is 43.4 Å². The first-order chi connectivity index (χ1) is 15.0. The Balaban J connectivity index is 1.27. The third kappa shape index (κ3) is 4.98. The minimum absolute atomic E-state index is 0.0340. The van der Waals surface area contributed by atoms with Crippen LogP contribution in [0, 0.1) is 0 Å². The van der Waals surface area contributed by atoms with Crippen LogP contribution in [0.3, 0.4) is 0 Å². The summed E-state index contributed by atoms with van der Waals surface area (Å²) in [6, 6.07) is 9.08. The maximum absolute atomic E-state index is 12.9. The third-order valence-electron chi connectivity index (χ3n) is 5.83. The fourth-order valence-electron chi connectivity index (χ4n) is 4.04. The highest BCUT2D eigenvalue weighted by molar-refractivity contribution is 6.32. The zero-order valence-electron chi connectivity index (χ0n) is 17.4. The number of amides is 2. The number of hydrogen-bond acceptors (Lipinski definition) is 6. The highest BCUT2D eigenvalue weighted by Crippen LogP contribution is 2.26. The number of ether oxygens (including phenoxy) is 1. The SMILES string of the molecule is COc1ccc(CC(=O)N2CCN(C(=O)C3CC(c4ccncc4)NN3)CC2)cc1Cl. The Bertz CT molecular complexity index is 934. The summed E-state index contributed by atoms with van der Waals surface area (Å²) in [5.74, 6) is 0.691. The molecule has 2 aliphatic rings. The van der Waals surface area contributed by atoms with E-state index < -0.39 is 0 Å². The maximum atomic E-state index is 12.9. The minimum atomic E-state index is -0.276. The molecule has 2 N–H and O–H groups in total. The lowest BCUT2D eigenvalue weighted by atomic mass is 10.0. The van der Waals surface area contributed by atoms with Crippen molar-refractivity contribution in [1.29, 1.82) is 0 Å². The van der Waals surface area contributed by atoms with Crippen molar-refractivity contribution in [2.75, 3.05) is 33.3 Å². The van der Waals surface area contributed by atoms with Gasteiger partial charge in [-0.3, -0.25) is 14.6 Å². The zero-order chi connectivity index (χ0) is 21.8. The lowest BCUT2D eigenvalue weighted by molar-refractivity contribution is -0.140. The van der Waals surface area contributed by atoms with Gasteiger partial charge in [0.15, 0.2) is 0 Å². The molecule has 2 saturated heterocycles. The number of nitrogens with zero attached hydrogens (tertiary/aromatic N) is 3. The van der Waals surface area contributed by atoms with Gasteiger partial charge in [0.2, 0.25) is 11.8 Å². The number of carbonyl (C=O) groups is 2. The van der Waals surface area contributed by atoms with Gasteiger partial charge in [0, 0.05) is 44.6 Å². The van der Waals surface area contributed by atoms with Crippen molar-refractivity contribution < 1.29 is 14.3 Å². The average Bonchev–Trinajstić information content (AvgIpc) is 3.30. The third-order valence-corrected chi connectivity index (χ3v) is 6.12. The average molecular weight is 444 g/mol. The molecule has 164 valence electrons. The monoisotopic (exact) mass is 443 g/mol. The molecule has 31 heavy (non-hydrogen) atoms. The van der Waals surface area contributed by atoms with Crippen LogP contribution in [0.25, 0.3) is 0 Å². The van der Waals surface area contributed by atoms with Crippen molar-refractivity contribution in [3.05, 3.63) is 58.9 Å². The molecule has 0 aliphatic carbocycles. The van der Waals surface area contributed by atoms with Crippen LogP contribution in [0.1, 0.15) is 23.6 Å². The summed E-state index contributed by atoms with van der Waals surface area (Å²) < 4.78 is 5.15. The quantitative estimate of drug-likeness (QED) is 0.729. The van der Waals surface area contributed by atoms with E-state index in [4.69, 9.17) is 16.3 Å². The predicted octanol–water partition coefficient (Wildman–Crippen LogP) is 1.56. The molecule has 2 aliphatic heterocycles. The molecule has 2 unspecified atom stereocenters. The number of pyridine rings is 1. The summed E-state index contributed by atoms with van der Waals surface area (Å²) in [5.41, 5.74) is 8.27. The van der Waals surface area contributed by atoms with E-state index in [1.54, 1.807) is 31.6 Å². The summed E-state index contributed by atoms with van der Waals surface area (Å²) in [6.07, 6.45) is 4.46. The summed E-state index contributed by atoms with van der Waals surface area (Å²) >= 11 is 6.16. The first kappa shape index (κ1) is 21.5. The van der Waals surface area contributed by atoms with Crippen LogP contribution in [0.5, 0.6) is 5.75 Å². The largest absolute Gasteiger partial charge is 0.495 e. The molecule has 0 radical (unpaired) electrons. The molecule has 8 nitrogen and oxygen atoms in total. The molecule has 0 bridgehead atoms. The number of piperazine rings is 1. The van der Waals surface area contributed by atoms with Crippen LogP contribution < -0.4 is 15.6 Å². The number of nitrogens with one attached hydrogen (secondary N) is 2. The Kier molecular flexibility index (Phi) is 6.70. The zero-order valence-corrected chi connectivity index (χ0v) is 18.1. The van der Waals surface area contributed by atoms with Crippen LogP contribution >= 0.6 is 11.6 Å². The lowest BCUT2D eigenvalue weighted by Gasteiger charge is -2.36. The van der Waals surface area contributed by atoms with Crippen molar-refractivity contribution >= 4 is 23.4 Å². The van der Waals surface area contributed by atoms with Crippen LogP contribution in [0.4, 0.5) is 0 Å². The molecule has 2 fully saturated rings. The van der Waals surface area contributed by atoms with Crippen LogP contribution in [0.15, 0.2) is 42.7 Å². The standard InChI is InChI=1S/C22H26ClN5O3/c1-31-20-3-2-15(12-17(20)23)13-21(29)27-8-10-28(11-9-27)22(30)19-14-18(25-26-19)16-4-6-24-7-5-16/h2-7,12,18-19,25-26H,8-11,13-14H2,1H3. The van der Waals surface area contributed by atoms with Crippen molar-refractivity contribution in [3.63, 3.8) is 0 Å². The molecule has 0 saturated carbocycles. The minimum Gasteiger partial charge on any atom is -0.495 e. The van der Waals surface area contributed by atoms with Gasteiger partial charge in [-0.25, -0.2) is 10.9 Å². The van der Waals surface area contributed by atoms with E-state index in [1.807, 2.05) is 28.0 Å².